The summed E-state index contributed by atoms with van der Waals surface area (Å²) in [7, 11) is 0. The van der Waals surface area contributed by atoms with E-state index in [1.54, 1.807) is 18.2 Å². The number of benzene rings is 2. The number of carbonyl (C=O) groups is 1. The van der Waals surface area contributed by atoms with Gasteiger partial charge in [-0.3, -0.25) is 4.79 Å². The third-order valence-corrected chi connectivity index (χ3v) is 3.57. The Morgan fingerprint density at radius 3 is 2.54 bits per heavy atom. The van der Waals surface area contributed by atoms with E-state index in [1.165, 1.54) is 24.3 Å². The highest BCUT2D eigenvalue weighted by molar-refractivity contribution is 6.35. The van der Waals surface area contributed by atoms with Gasteiger partial charge in [0, 0.05) is 11.6 Å². The molecule has 0 spiro atoms. The van der Waals surface area contributed by atoms with Crippen molar-refractivity contribution >= 4 is 29.1 Å². The Balaban J connectivity index is 1.81. The van der Waals surface area contributed by atoms with E-state index in [0.29, 0.717) is 16.3 Å². The SMILES string of the molecule is O=C(COc1ccc(Cl)cc1Cl)NCc1cccc(OCC(F)(F)F)c1. The first kappa shape index (κ1) is 20.2. The average Bonchev–Trinajstić information content (AvgIpc) is 2.57. The monoisotopic (exact) mass is 407 g/mol. The first-order valence-electron chi connectivity index (χ1n) is 7.36. The summed E-state index contributed by atoms with van der Waals surface area (Å²) in [5, 5.41) is 3.31. The van der Waals surface area contributed by atoms with Crippen molar-refractivity contribution in [2.45, 2.75) is 12.7 Å². The molecule has 2 rings (SSSR count). The van der Waals surface area contributed by atoms with Crippen LogP contribution in [0.2, 0.25) is 10.0 Å². The summed E-state index contributed by atoms with van der Waals surface area (Å²) in [4.78, 5) is 11.8. The molecule has 0 fully saturated rings. The normalized spacial score (nSPS) is 11.1. The smallest absolute Gasteiger partial charge is 0.422 e. The van der Waals surface area contributed by atoms with Crippen LogP contribution in [0.5, 0.6) is 11.5 Å². The quantitative estimate of drug-likeness (QED) is 0.727. The number of nitrogens with one attached hydrogen (secondary N) is 1. The van der Waals surface area contributed by atoms with Crippen molar-refractivity contribution in [2.24, 2.45) is 0 Å². The molecule has 0 aromatic heterocycles. The lowest BCUT2D eigenvalue weighted by atomic mass is 10.2. The van der Waals surface area contributed by atoms with Gasteiger partial charge >= 0.3 is 6.18 Å². The van der Waals surface area contributed by atoms with Crippen LogP contribution in [0.15, 0.2) is 42.5 Å². The third-order valence-electron chi connectivity index (χ3n) is 3.04. The molecule has 2 aromatic rings. The molecule has 0 aliphatic rings. The Kier molecular flexibility index (Phi) is 6.99. The number of halogens is 5. The number of alkyl halides is 3. The van der Waals surface area contributed by atoms with Crippen molar-refractivity contribution in [3.05, 3.63) is 58.1 Å². The molecular formula is C17H14Cl2F3NO3. The van der Waals surface area contributed by atoms with E-state index in [-0.39, 0.29) is 23.9 Å². The molecule has 1 amide bonds. The van der Waals surface area contributed by atoms with E-state index in [4.69, 9.17) is 27.9 Å². The van der Waals surface area contributed by atoms with Crippen LogP contribution in [0.4, 0.5) is 13.2 Å². The lowest BCUT2D eigenvalue weighted by molar-refractivity contribution is -0.153. The van der Waals surface area contributed by atoms with Gasteiger partial charge in [0.1, 0.15) is 11.5 Å². The Morgan fingerprint density at radius 1 is 1.08 bits per heavy atom. The summed E-state index contributed by atoms with van der Waals surface area (Å²) in [6, 6.07) is 10.6. The van der Waals surface area contributed by atoms with E-state index in [9.17, 15) is 18.0 Å². The number of hydrogen-bond donors (Lipinski definition) is 1. The predicted molar refractivity (Wildman–Crippen MR) is 91.8 cm³/mol. The van der Waals surface area contributed by atoms with Gasteiger partial charge in [0.15, 0.2) is 13.2 Å². The van der Waals surface area contributed by atoms with Crippen molar-refractivity contribution in [1.29, 1.82) is 0 Å². The molecule has 0 bridgehead atoms. The summed E-state index contributed by atoms with van der Waals surface area (Å²) in [6.45, 7) is -1.54. The summed E-state index contributed by atoms with van der Waals surface area (Å²) >= 11 is 11.7. The van der Waals surface area contributed by atoms with E-state index >= 15 is 0 Å². The fourth-order valence-electron chi connectivity index (χ4n) is 1.90. The molecule has 0 heterocycles. The van der Waals surface area contributed by atoms with Crippen molar-refractivity contribution in [1.82, 2.24) is 5.32 Å². The molecule has 0 saturated carbocycles. The van der Waals surface area contributed by atoms with Crippen molar-refractivity contribution in [2.75, 3.05) is 13.2 Å². The van der Waals surface area contributed by atoms with Gasteiger partial charge in [0.25, 0.3) is 5.91 Å². The highest BCUT2D eigenvalue weighted by Gasteiger charge is 2.28. The zero-order valence-corrected chi connectivity index (χ0v) is 14.8. The summed E-state index contributed by atoms with van der Waals surface area (Å²) in [5.74, 6) is -0.0373. The molecule has 9 heteroatoms. The van der Waals surface area contributed by atoms with Crippen molar-refractivity contribution < 1.29 is 27.4 Å². The largest absolute Gasteiger partial charge is 0.484 e. The second kappa shape index (κ2) is 9.00. The fourth-order valence-corrected chi connectivity index (χ4v) is 2.36. The van der Waals surface area contributed by atoms with Gasteiger partial charge in [-0.05, 0) is 35.9 Å². The highest BCUT2D eigenvalue weighted by Crippen LogP contribution is 2.27. The standard InChI is InChI=1S/C17H14Cl2F3NO3/c18-12-4-5-15(14(19)7-12)25-9-16(24)23-8-11-2-1-3-13(6-11)26-10-17(20,21)22/h1-7H,8-10H2,(H,23,24). The number of amides is 1. The lowest BCUT2D eigenvalue weighted by Gasteiger charge is -2.11. The van der Waals surface area contributed by atoms with E-state index in [2.05, 4.69) is 10.1 Å². The van der Waals surface area contributed by atoms with E-state index in [0.717, 1.165) is 0 Å². The van der Waals surface area contributed by atoms with Crippen LogP contribution >= 0.6 is 23.2 Å². The zero-order valence-electron chi connectivity index (χ0n) is 13.3. The van der Waals surface area contributed by atoms with Crippen LogP contribution in [0, 0.1) is 0 Å². The van der Waals surface area contributed by atoms with Gasteiger partial charge in [-0.15, -0.1) is 0 Å². The Labute approximate surface area is 157 Å². The summed E-state index contributed by atoms with van der Waals surface area (Å²) in [6.07, 6.45) is -4.41. The minimum atomic E-state index is -4.41. The minimum Gasteiger partial charge on any atom is -0.484 e. The van der Waals surface area contributed by atoms with Gasteiger partial charge in [-0.2, -0.15) is 13.2 Å². The summed E-state index contributed by atoms with van der Waals surface area (Å²) in [5.41, 5.74) is 0.586. The topological polar surface area (TPSA) is 47.6 Å². The molecule has 4 nitrogen and oxygen atoms in total. The number of ether oxygens (including phenoxy) is 2. The van der Waals surface area contributed by atoms with Gasteiger partial charge in [-0.25, -0.2) is 0 Å². The molecular weight excluding hydrogens is 394 g/mol. The lowest BCUT2D eigenvalue weighted by Crippen LogP contribution is -2.28. The maximum atomic E-state index is 12.2. The number of hydrogen-bond acceptors (Lipinski definition) is 3. The fraction of sp³-hybridized carbons (Fsp3) is 0.235. The number of carbonyl (C=O) groups excluding carboxylic acids is 1. The van der Waals surface area contributed by atoms with Crippen LogP contribution < -0.4 is 14.8 Å². The van der Waals surface area contributed by atoms with Gasteiger partial charge in [0.2, 0.25) is 0 Å². The van der Waals surface area contributed by atoms with Crippen LogP contribution in [0.3, 0.4) is 0 Å². The Hall–Kier alpha value is -2.12. The Morgan fingerprint density at radius 2 is 1.85 bits per heavy atom. The molecule has 0 unspecified atom stereocenters. The molecule has 2 aromatic carbocycles. The minimum absolute atomic E-state index is 0.0678. The molecule has 0 aliphatic heterocycles. The van der Waals surface area contributed by atoms with Crippen molar-refractivity contribution in [3.8, 4) is 11.5 Å². The first-order valence-corrected chi connectivity index (χ1v) is 8.11. The molecule has 26 heavy (non-hydrogen) atoms. The van der Waals surface area contributed by atoms with Gasteiger partial charge in [0.05, 0.1) is 5.02 Å². The zero-order chi connectivity index (χ0) is 19.2. The molecule has 0 atom stereocenters. The van der Waals surface area contributed by atoms with Gasteiger partial charge < -0.3 is 14.8 Å². The maximum absolute atomic E-state index is 12.2. The molecule has 1 N–H and O–H groups in total. The molecule has 140 valence electrons. The third kappa shape index (κ3) is 7.01. The first-order chi connectivity index (χ1) is 12.2. The second-order valence-corrected chi connectivity index (χ2v) is 6.04. The molecule has 0 radical (unpaired) electrons. The average molecular weight is 408 g/mol. The van der Waals surface area contributed by atoms with Crippen LogP contribution in [-0.4, -0.2) is 25.3 Å². The van der Waals surface area contributed by atoms with Crippen molar-refractivity contribution in [3.63, 3.8) is 0 Å². The molecule has 0 saturated heterocycles. The predicted octanol–water partition coefficient (Wildman–Crippen LogP) is 4.63. The van der Waals surface area contributed by atoms with Crippen LogP contribution in [-0.2, 0) is 11.3 Å². The van der Waals surface area contributed by atoms with Crippen LogP contribution in [0.1, 0.15) is 5.56 Å². The highest BCUT2D eigenvalue weighted by atomic mass is 35.5. The van der Waals surface area contributed by atoms with Gasteiger partial charge in [-0.1, -0.05) is 35.3 Å². The van der Waals surface area contributed by atoms with Crippen LogP contribution in [0.25, 0.3) is 0 Å². The van der Waals surface area contributed by atoms with E-state index in [1.807, 2.05) is 0 Å². The summed E-state index contributed by atoms with van der Waals surface area (Å²) < 4.78 is 46.4. The molecule has 0 aliphatic carbocycles. The maximum Gasteiger partial charge on any atom is 0.422 e. The second-order valence-electron chi connectivity index (χ2n) is 5.19. The number of rotatable bonds is 7. The van der Waals surface area contributed by atoms with E-state index < -0.39 is 18.7 Å². The Bertz CT molecular complexity index is 769.